The average molecular weight is 585 g/mol. The number of ether oxygens (including phenoxy) is 4. The molecule has 222 valence electrons. The summed E-state index contributed by atoms with van der Waals surface area (Å²) in [5, 5.41) is 0. The molecule has 0 amide bonds. The molecule has 0 N–H and O–H groups in total. The SMILES string of the molecule is C=C(C)C(=O)OCCOc1ccc(-c2ccc(/C(C)=C/C=C(\C)OC(=O)c3ccc(OC(=O)C(=C)F)c(C)c3)cc2)cc1. The summed E-state index contributed by atoms with van der Waals surface area (Å²) in [7, 11) is 0. The van der Waals surface area contributed by atoms with Crippen LogP contribution in [0.15, 0.2) is 109 Å². The first-order chi connectivity index (χ1) is 20.4. The fourth-order valence-corrected chi connectivity index (χ4v) is 3.71. The number of carbonyl (C=O) groups is 3. The molecule has 0 bridgehead atoms. The van der Waals surface area contributed by atoms with Gasteiger partial charge in [-0.15, -0.1) is 0 Å². The van der Waals surface area contributed by atoms with Crippen LogP contribution in [0.25, 0.3) is 16.7 Å². The largest absolute Gasteiger partial charge is 0.490 e. The van der Waals surface area contributed by atoms with E-state index in [1.807, 2.05) is 61.5 Å². The average Bonchev–Trinajstić information content (AvgIpc) is 2.99. The molecule has 0 saturated carbocycles. The molecule has 0 unspecified atom stereocenters. The summed E-state index contributed by atoms with van der Waals surface area (Å²) < 4.78 is 33.9. The first kappa shape index (κ1) is 32.3. The Bertz CT molecular complexity index is 1580. The molecule has 0 aliphatic rings. The van der Waals surface area contributed by atoms with Gasteiger partial charge < -0.3 is 18.9 Å². The van der Waals surface area contributed by atoms with Crippen molar-refractivity contribution in [3.8, 4) is 22.6 Å². The van der Waals surface area contributed by atoms with Crippen LogP contribution in [0.4, 0.5) is 4.39 Å². The van der Waals surface area contributed by atoms with Gasteiger partial charge in [0.15, 0.2) is 0 Å². The van der Waals surface area contributed by atoms with Gasteiger partial charge in [-0.25, -0.2) is 14.4 Å². The molecule has 0 aliphatic carbocycles. The fourth-order valence-electron chi connectivity index (χ4n) is 3.71. The topological polar surface area (TPSA) is 88.1 Å². The van der Waals surface area contributed by atoms with E-state index in [1.54, 1.807) is 26.8 Å². The zero-order valence-corrected chi connectivity index (χ0v) is 24.6. The van der Waals surface area contributed by atoms with Crippen LogP contribution < -0.4 is 9.47 Å². The lowest BCUT2D eigenvalue weighted by molar-refractivity contribution is -0.139. The minimum Gasteiger partial charge on any atom is -0.490 e. The lowest BCUT2D eigenvalue weighted by Crippen LogP contribution is -2.12. The van der Waals surface area contributed by atoms with Gasteiger partial charge in [-0.05, 0) is 91.9 Å². The molecule has 0 aromatic heterocycles. The summed E-state index contributed by atoms with van der Waals surface area (Å²) in [6.45, 7) is 13.7. The molecule has 3 rings (SSSR count). The van der Waals surface area contributed by atoms with Crippen molar-refractivity contribution in [3.05, 3.63) is 126 Å². The smallest absolute Gasteiger partial charge is 0.371 e. The molecule has 3 aromatic carbocycles. The van der Waals surface area contributed by atoms with Gasteiger partial charge in [0, 0.05) is 5.57 Å². The molecular weight excluding hydrogens is 551 g/mol. The summed E-state index contributed by atoms with van der Waals surface area (Å²) in [4.78, 5) is 35.4. The lowest BCUT2D eigenvalue weighted by atomic mass is 10.0. The van der Waals surface area contributed by atoms with Crippen molar-refractivity contribution in [3.63, 3.8) is 0 Å². The Morgan fingerprint density at radius 1 is 0.791 bits per heavy atom. The molecule has 7 nitrogen and oxygen atoms in total. The standard InChI is InChI=1S/C35H33FO7/c1-22(2)33(37)41-20-19-40-31-16-13-29(14-17-31)28-11-9-27(10-12-28)23(3)7-8-25(5)42-35(39)30-15-18-32(24(4)21-30)43-34(38)26(6)36/h7-18,21H,1,6,19-20H2,2-5H3/b23-7+,25-8+. The van der Waals surface area contributed by atoms with E-state index in [9.17, 15) is 18.8 Å². The molecule has 0 radical (unpaired) electrons. The first-order valence-corrected chi connectivity index (χ1v) is 13.4. The van der Waals surface area contributed by atoms with E-state index >= 15 is 0 Å². The zero-order chi connectivity index (χ0) is 31.5. The second-order valence-corrected chi connectivity index (χ2v) is 9.66. The summed E-state index contributed by atoms with van der Waals surface area (Å²) in [5.41, 5.74) is 5.09. The number of allylic oxidation sites excluding steroid dienone is 4. The van der Waals surface area contributed by atoms with Crippen molar-refractivity contribution in [2.45, 2.75) is 27.7 Å². The summed E-state index contributed by atoms with van der Waals surface area (Å²) >= 11 is 0. The summed E-state index contributed by atoms with van der Waals surface area (Å²) in [5.74, 6) is -2.23. The number of benzene rings is 3. The maximum absolute atomic E-state index is 12.9. The highest BCUT2D eigenvalue weighted by molar-refractivity contribution is 5.91. The van der Waals surface area contributed by atoms with Gasteiger partial charge >= 0.3 is 17.9 Å². The van der Waals surface area contributed by atoms with Gasteiger partial charge in [-0.1, -0.05) is 55.6 Å². The zero-order valence-electron chi connectivity index (χ0n) is 24.6. The van der Waals surface area contributed by atoms with Crippen LogP contribution in [0.5, 0.6) is 11.5 Å². The Balaban J connectivity index is 1.56. The minimum absolute atomic E-state index is 0.124. The lowest BCUT2D eigenvalue weighted by Gasteiger charge is -2.09. The molecule has 8 heteroatoms. The molecule has 0 spiro atoms. The van der Waals surface area contributed by atoms with E-state index in [0.29, 0.717) is 22.6 Å². The quantitative estimate of drug-likeness (QED) is 0.0538. The van der Waals surface area contributed by atoms with Gasteiger partial charge in [-0.2, -0.15) is 4.39 Å². The number of esters is 3. The van der Waals surface area contributed by atoms with Crippen molar-refractivity contribution < 1.29 is 37.7 Å². The van der Waals surface area contributed by atoms with Crippen LogP contribution in [0.2, 0.25) is 0 Å². The van der Waals surface area contributed by atoms with Crippen LogP contribution in [-0.4, -0.2) is 31.1 Å². The van der Waals surface area contributed by atoms with E-state index < -0.39 is 23.7 Å². The van der Waals surface area contributed by atoms with Crippen molar-refractivity contribution in [2.24, 2.45) is 0 Å². The van der Waals surface area contributed by atoms with Crippen LogP contribution in [0, 0.1) is 6.92 Å². The molecular formula is C35H33FO7. The number of rotatable bonds is 12. The molecule has 3 aromatic rings. The van der Waals surface area contributed by atoms with Crippen molar-refractivity contribution in [1.29, 1.82) is 0 Å². The summed E-state index contributed by atoms with van der Waals surface area (Å²) in [6, 6.07) is 20.0. The molecule has 0 heterocycles. The van der Waals surface area contributed by atoms with E-state index in [-0.39, 0.29) is 24.5 Å². The number of halogens is 1. The Morgan fingerprint density at radius 3 is 1.98 bits per heavy atom. The molecule has 0 fully saturated rings. The number of hydrogen-bond acceptors (Lipinski definition) is 7. The highest BCUT2D eigenvalue weighted by Gasteiger charge is 2.14. The van der Waals surface area contributed by atoms with Gasteiger partial charge in [0.05, 0.1) is 5.56 Å². The summed E-state index contributed by atoms with van der Waals surface area (Å²) in [6.07, 6.45) is 3.56. The number of aryl methyl sites for hydroxylation is 1. The Morgan fingerprint density at radius 2 is 1.40 bits per heavy atom. The van der Waals surface area contributed by atoms with Crippen LogP contribution in [-0.2, 0) is 19.1 Å². The van der Waals surface area contributed by atoms with Crippen molar-refractivity contribution in [2.75, 3.05) is 13.2 Å². The van der Waals surface area contributed by atoms with Crippen LogP contribution in [0.1, 0.15) is 42.3 Å². The van der Waals surface area contributed by atoms with Gasteiger partial charge in [-0.3, -0.25) is 0 Å². The van der Waals surface area contributed by atoms with Crippen LogP contribution >= 0.6 is 0 Å². The second kappa shape index (κ2) is 15.1. The molecule has 0 aliphatic heterocycles. The van der Waals surface area contributed by atoms with E-state index in [0.717, 1.165) is 22.3 Å². The van der Waals surface area contributed by atoms with E-state index in [4.69, 9.17) is 18.9 Å². The normalized spacial score (nSPS) is 11.4. The van der Waals surface area contributed by atoms with Gasteiger partial charge in [0.1, 0.15) is 30.5 Å². The molecule has 43 heavy (non-hydrogen) atoms. The minimum atomic E-state index is -1.21. The fraction of sp³-hybridized carbons (Fsp3) is 0.171. The number of carbonyl (C=O) groups excluding carboxylic acids is 3. The van der Waals surface area contributed by atoms with E-state index in [1.165, 1.54) is 18.2 Å². The third kappa shape index (κ3) is 9.67. The second-order valence-electron chi connectivity index (χ2n) is 9.66. The Kier molecular flexibility index (Phi) is 11.3. The Hall–Kier alpha value is -5.24. The van der Waals surface area contributed by atoms with Crippen molar-refractivity contribution >= 4 is 23.5 Å². The van der Waals surface area contributed by atoms with Crippen LogP contribution in [0.3, 0.4) is 0 Å². The predicted molar refractivity (Wildman–Crippen MR) is 163 cm³/mol. The third-order valence-electron chi connectivity index (χ3n) is 6.12. The molecule has 0 atom stereocenters. The van der Waals surface area contributed by atoms with E-state index in [2.05, 4.69) is 13.2 Å². The number of hydrogen-bond donors (Lipinski definition) is 0. The van der Waals surface area contributed by atoms with Gasteiger partial charge in [0.2, 0.25) is 5.83 Å². The highest BCUT2D eigenvalue weighted by atomic mass is 19.1. The Labute approximate surface area is 250 Å². The predicted octanol–water partition coefficient (Wildman–Crippen LogP) is 7.71. The van der Waals surface area contributed by atoms with Crippen molar-refractivity contribution in [1.82, 2.24) is 0 Å². The maximum Gasteiger partial charge on any atom is 0.371 e. The van der Waals surface area contributed by atoms with Gasteiger partial charge in [0.25, 0.3) is 0 Å². The maximum atomic E-state index is 12.9. The molecule has 0 saturated heterocycles. The monoisotopic (exact) mass is 584 g/mol. The first-order valence-electron chi connectivity index (χ1n) is 13.4. The third-order valence-corrected chi connectivity index (χ3v) is 6.12. The highest BCUT2D eigenvalue weighted by Crippen LogP contribution is 2.25.